The van der Waals surface area contributed by atoms with E-state index in [0.717, 1.165) is 27.5 Å². The molecule has 154 valence electrons. The summed E-state index contributed by atoms with van der Waals surface area (Å²) < 4.78 is 0. The van der Waals surface area contributed by atoms with Crippen molar-refractivity contribution in [1.82, 2.24) is 0 Å². The number of para-hydroxylation sites is 2. The third-order valence-corrected chi connectivity index (χ3v) is 6.15. The Morgan fingerprint density at radius 3 is 2.52 bits per heavy atom. The summed E-state index contributed by atoms with van der Waals surface area (Å²) in [4.78, 5) is 5.81. The van der Waals surface area contributed by atoms with Crippen molar-refractivity contribution >= 4 is 40.4 Å². The first-order valence-corrected chi connectivity index (χ1v) is 10.6. The van der Waals surface area contributed by atoms with Crippen LogP contribution < -0.4 is 16.0 Å². The third-order valence-electron chi connectivity index (χ3n) is 5.13. The quantitative estimate of drug-likeness (QED) is 0.264. The minimum atomic E-state index is -0.878. The molecule has 3 aromatic carbocycles. The minimum absolute atomic E-state index is 0.163. The predicted octanol–water partition coefficient (Wildman–Crippen LogP) is 5.67. The number of nitrogens with zero attached hydrogens (tertiary/aromatic N) is 1. The Kier molecular flexibility index (Phi) is 4.72. The van der Waals surface area contributed by atoms with Crippen LogP contribution in [0.25, 0.3) is 0 Å². The Labute approximate surface area is 183 Å². The topological polar surface area (TPSA) is 88.9 Å². The van der Waals surface area contributed by atoms with Gasteiger partial charge in [-0.3, -0.25) is 0 Å². The van der Waals surface area contributed by atoms with Crippen molar-refractivity contribution in [2.45, 2.75) is 5.66 Å². The number of rotatable bonds is 5. The number of phenolic OH excluding ortho intramolecular Hbond substituents is 2. The van der Waals surface area contributed by atoms with Gasteiger partial charge in [0.15, 0.2) is 5.66 Å². The van der Waals surface area contributed by atoms with Crippen LogP contribution in [-0.4, -0.2) is 16.6 Å². The number of phenols is 2. The summed E-state index contributed by atoms with van der Waals surface area (Å²) >= 11 is 1.60. The molecular formula is C24H20N4O2S. The molecule has 1 unspecified atom stereocenters. The van der Waals surface area contributed by atoms with Crippen molar-refractivity contribution < 1.29 is 10.2 Å². The first-order chi connectivity index (χ1) is 15.1. The highest BCUT2D eigenvalue weighted by Gasteiger charge is 2.39. The van der Waals surface area contributed by atoms with Crippen LogP contribution in [0.1, 0.15) is 10.4 Å². The minimum Gasteiger partial charge on any atom is -0.508 e. The van der Waals surface area contributed by atoms with Gasteiger partial charge in [-0.25, -0.2) is 4.99 Å². The molecule has 5 N–H and O–H groups in total. The molecule has 5 rings (SSSR count). The van der Waals surface area contributed by atoms with Crippen LogP contribution in [0.2, 0.25) is 0 Å². The van der Waals surface area contributed by atoms with Crippen LogP contribution >= 0.6 is 11.3 Å². The SMILES string of the molecule is Oc1cccc(Nc2ccc(C3(Nc4ccccc4O)N=CNc4ccsc43)cc2)c1. The summed E-state index contributed by atoms with van der Waals surface area (Å²) in [7, 11) is 0. The van der Waals surface area contributed by atoms with E-state index in [1.807, 2.05) is 53.9 Å². The lowest BCUT2D eigenvalue weighted by molar-refractivity contribution is 0.474. The summed E-state index contributed by atoms with van der Waals surface area (Å²) in [5, 5.41) is 32.0. The Morgan fingerprint density at radius 1 is 0.871 bits per heavy atom. The molecule has 0 bridgehead atoms. The van der Waals surface area contributed by atoms with E-state index in [-0.39, 0.29) is 11.5 Å². The van der Waals surface area contributed by atoms with Crippen LogP contribution in [0.15, 0.2) is 89.2 Å². The molecule has 4 aromatic rings. The highest BCUT2D eigenvalue weighted by Crippen LogP contribution is 2.45. The first-order valence-electron chi connectivity index (χ1n) is 9.75. The summed E-state index contributed by atoms with van der Waals surface area (Å²) in [6, 6.07) is 24.1. The number of benzene rings is 3. The van der Waals surface area contributed by atoms with Crippen LogP contribution in [0.3, 0.4) is 0 Å². The Morgan fingerprint density at radius 2 is 1.71 bits per heavy atom. The lowest BCUT2D eigenvalue weighted by Gasteiger charge is -2.35. The summed E-state index contributed by atoms with van der Waals surface area (Å²) in [5.41, 5.74) is 3.31. The third kappa shape index (κ3) is 3.55. The molecule has 1 atom stereocenters. The maximum absolute atomic E-state index is 10.4. The summed E-state index contributed by atoms with van der Waals surface area (Å²) in [5.74, 6) is 0.373. The molecule has 7 heteroatoms. The number of thiophene rings is 1. The van der Waals surface area contributed by atoms with Gasteiger partial charge in [-0.15, -0.1) is 11.3 Å². The number of fused-ring (bicyclic) bond motifs is 1. The molecule has 0 aliphatic carbocycles. The van der Waals surface area contributed by atoms with Gasteiger partial charge in [0.25, 0.3) is 0 Å². The van der Waals surface area contributed by atoms with E-state index < -0.39 is 5.66 Å². The van der Waals surface area contributed by atoms with E-state index >= 15 is 0 Å². The molecular weight excluding hydrogens is 408 g/mol. The molecule has 0 amide bonds. The Hall–Kier alpha value is -3.97. The molecule has 0 radical (unpaired) electrons. The van der Waals surface area contributed by atoms with Gasteiger partial charge in [0.1, 0.15) is 11.5 Å². The second-order valence-electron chi connectivity index (χ2n) is 7.17. The second kappa shape index (κ2) is 7.70. The van der Waals surface area contributed by atoms with E-state index in [4.69, 9.17) is 4.99 Å². The monoisotopic (exact) mass is 428 g/mol. The number of hydrogen-bond donors (Lipinski definition) is 5. The number of aliphatic imine (C=N–C) groups is 1. The van der Waals surface area contributed by atoms with E-state index in [1.54, 1.807) is 48.0 Å². The average Bonchev–Trinajstić information content (AvgIpc) is 3.26. The lowest BCUT2D eigenvalue weighted by Crippen LogP contribution is -2.37. The normalized spacial score (nSPS) is 16.9. The largest absolute Gasteiger partial charge is 0.508 e. The average molecular weight is 429 g/mol. The lowest BCUT2D eigenvalue weighted by atomic mass is 9.95. The van der Waals surface area contributed by atoms with E-state index in [1.165, 1.54) is 0 Å². The maximum atomic E-state index is 10.4. The fourth-order valence-electron chi connectivity index (χ4n) is 3.65. The van der Waals surface area contributed by atoms with Crippen LogP contribution in [0.5, 0.6) is 11.5 Å². The van der Waals surface area contributed by atoms with Gasteiger partial charge in [0, 0.05) is 23.0 Å². The molecule has 2 heterocycles. The van der Waals surface area contributed by atoms with Crippen molar-refractivity contribution in [3.63, 3.8) is 0 Å². The van der Waals surface area contributed by atoms with E-state index in [9.17, 15) is 10.2 Å². The van der Waals surface area contributed by atoms with Crippen molar-refractivity contribution in [1.29, 1.82) is 0 Å². The highest BCUT2D eigenvalue weighted by atomic mass is 32.1. The molecule has 1 aliphatic rings. The van der Waals surface area contributed by atoms with E-state index in [0.29, 0.717) is 5.69 Å². The molecule has 1 aliphatic heterocycles. The second-order valence-corrected chi connectivity index (χ2v) is 8.09. The van der Waals surface area contributed by atoms with Gasteiger partial charge in [-0.1, -0.05) is 30.3 Å². The molecule has 0 fully saturated rings. The highest BCUT2D eigenvalue weighted by molar-refractivity contribution is 7.10. The zero-order valence-corrected chi connectivity index (χ0v) is 17.2. The van der Waals surface area contributed by atoms with E-state index in [2.05, 4.69) is 16.0 Å². The fraction of sp³-hybridized carbons (Fsp3) is 0.0417. The molecule has 0 saturated heterocycles. The van der Waals surface area contributed by atoms with Crippen LogP contribution in [0.4, 0.5) is 22.7 Å². The Balaban J connectivity index is 1.54. The van der Waals surface area contributed by atoms with Gasteiger partial charge in [-0.05, 0) is 47.8 Å². The number of nitrogens with one attached hydrogen (secondary N) is 3. The summed E-state index contributed by atoms with van der Waals surface area (Å²) in [6.45, 7) is 0. The zero-order chi connectivity index (χ0) is 21.3. The smallest absolute Gasteiger partial charge is 0.194 e. The van der Waals surface area contributed by atoms with Gasteiger partial charge in [0.05, 0.1) is 22.6 Å². The van der Waals surface area contributed by atoms with Crippen LogP contribution in [0, 0.1) is 0 Å². The van der Waals surface area contributed by atoms with Gasteiger partial charge in [-0.2, -0.15) is 0 Å². The molecule has 0 saturated carbocycles. The maximum Gasteiger partial charge on any atom is 0.194 e. The fourth-order valence-corrected chi connectivity index (χ4v) is 4.63. The van der Waals surface area contributed by atoms with Crippen molar-refractivity contribution in [3.05, 3.63) is 94.7 Å². The van der Waals surface area contributed by atoms with Crippen molar-refractivity contribution in [2.24, 2.45) is 4.99 Å². The van der Waals surface area contributed by atoms with Gasteiger partial charge in [0.2, 0.25) is 0 Å². The predicted molar refractivity (Wildman–Crippen MR) is 127 cm³/mol. The molecule has 31 heavy (non-hydrogen) atoms. The molecule has 0 spiro atoms. The molecule has 6 nitrogen and oxygen atoms in total. The van der Waals surface area contributed by atoms with Crippen LogP contribution in [-0.2, 0) is 5.66 Å². The van der Waals surface area contributed by atoms with Crippen molar-refractivity contribution in [2.75, 3.05) is 16.0 Å². The van der Waals surface area contributed by atoms with Crippen molar-refractivity contribution in [3.8, 4) is 11.5 Å². The van der Waals surface area contributed by atoms with Gasteiger partial charge >= 0.3 is 0 Å². The zero-order valence-electron chi connectivity index (χ0n) is 16.4. The number of hydrogen-bond acceptors (Lipinski definition) is 7. The summed E-state index contributed by atoms with van der Waals surface area (Å²) in [6.07, 6.45) is 1.68. The standard InChI is InChI=1S/C24H20N4O2S/c29-19-5-3-4-18(14-19)27-17-10-8-16(9-11-17)24(28-20-6-1-2-7-22(20)30)23-21(12-13-31-23)25-15-26-24/h1-15,27-30H,(H,25,26). The Bertz CT molecular complexity index is 1250. The number of aromatic hydroxyl groups is 2. The number of anilines is 4. The van der Waals surface area contributed by atoms with Gasteiger partial charge < -0.3 is 26.2 Å². The first kappa shape index (κ1) is 19.0. The molecule has 1 aromatic heterocycles.